The number of benzene rings is 1. The number of carbonyl (C=O) groups is 1. The molecule has 1 aliphatic heterocycles. The molecule has 1 aromatic heterocycles. The minimum Gasteiger partial charge on any atom is -0.355 e. The lowest BCUT2D eigenvalue weighted by molar-refractivity contribution is 0.0645. The zero-order chi connectivity index (χ0) is 14.8. The van der Waals surface area contributed by atoms with Crippen LogP contribution in [0.15, 0.2) is 34.9 Å². The molecule has 110 valence electrons. The fourth-order valence-electron chi connectivity index (χ4n) is 2.44. The minimum atomic E-state index is -0.0963. The number of piperazine rings is 1. The Bertz CT molecular complexity index is 656. The van der Waals surface area contributed by atoms with Gasteiger partial charge in [-0.25, -0.2) is 0 Å². The van der Waals surface area contributed by atoms with Crippen LogP contribution in [-0.2, 0) is 0 Å². The van der Waals surface area contributed by atoms with Gasteiger partial charge >= 0.3 is 0 Å². The van der Waals surface area contributed by atoms with Crippen molar-refractivity contribution in [1.29, 1.82) is 0 Å². The normalized spacial score (nSPS) is 18.8. The van der Waals surface area contributed by atoms with Gasteiger partial charge in [0.2, 0.25) is 0 Å². The summed E-state index contributed by atoms with van der Waals surface area (Å²) in [7, 11) is 0. The molecule has 1 N–H and O–H groups in total. The molecule has 3 rings (SSSR count). The molecule has 2 aromatic rings. The molecule has 0 bridgehead atoms. The topological polar surface area (TPSA) is 58.4 Å². The Labute approximate surface area is 127 Å². The van der Waals surface area contributed by atoms with Gasteiger partial charge in [0, 0.05) is 42.3 Å². The smallest absolute Gasteiger partial charge is 0.276 e. The second-order valence-corrected chi connectivity index (χ2v) is 5.57. The molecule has 1 fully saturated rings. The van der Waals surface area contributed by atoms with E-state index in [0.717, 1.165) is 18.7 Å². The summed E-state index contributed by atoms with van der Waals surface area (Å²) in [4.78, 5) is 14.3. The standard InChI is InChI=1S/C15H16ClN3O2/c1-10-9-17-5-6-19(10)15(20)13-8-14(21-18-13)11-3-2-4-12(16)7-11/h2-4,7-8,10,17H,5-6,9H2,1H3. The molecule has 0 aliphatic carbocycles. The highest BCUT2D eigenvalue weighted by Crippen LogP contribution is 2.24. The van der Waals surface area contributed by atoms with Crippen molar-refractivity contribution in [3.8, 4) is 11.3 Å². The van der Waals surface area contributed by atoms with E-state index in [1.807, 2.05) is 24.0 Å². The average Bonchev–Trinajstić information content (AvgIpc) is 2.97. The lowest BCUT2D eigenvalue weighted by Gasteiger charge is -2.33. The molecule has 1 atom stereocenters. The number of carbonyl (C=O) groups excluding carboxylic acids is 1. The third-order valence-corrected chi connectivity index (χ3v) is 3.84. The van der Waals surface area contributed by atoms with E-state index >= 15 is 0 Å². The first-order valence-corrected chi connectivity index (χ1v) is 7.27. The van der Waals surface area contributed by atoms with E-state index in [1.54, 1.807) is 18.2 Å². The van der Waals surface area contributed by atoms with Gasteiger partial charge in [0.1, 0.15) is 0 Å². The van der Waals surface area contributed by atoms with Crippen LogP contribution in [0.3, 0.4) is 0 Å². The molecule has 2 heterocycles. The highest BCUT2D eigenvalue weighted by atomic mass is 35.5. The van der Waals surface area contributed by atoms with Gasteiger partial charge in [0.15, 0.2) is 11.5 Å². The molecule has 0 spiro atoms. The van der Waals surface area contributed by atoms with Gasteiger partial charge in [0.05, 0.1) is 0 Å². The highest BCUT2D eigenvalue weighted by Gasteiger charge is 2.26. The Kier molecular flexibility index (Phi) is 3.94. The SMILES string of the molecule is CC1CNCCN1C(=O)c1cc(-c2cccc(Cl)c2)on1. The molecular formula is C15H16ClN3O2. The van der Waals surface area contributed by atoms with Crippen LogP contribution in [0.2, 0.25) is 5.02 Å². The maximum Gasteiger partial charge on any atom is 0.276 e. The first-order chi connectivity index (χ1) is 10.1. The van der Waals surface area contributed by atoms with Crippen LogP contribution in [0.4, 0.5) is 0 Å². The summed E-state index contributed by atoms with van der Waals surface area (Å²) in [5, 5.41) is 7.78. The molecule has 1 aromatic carbocycles. The van der Waals surface area contributed by atoms with Gasteiger partial charge in [-0.2, -0.15) is 0 Å². The predicted molar refractivity (Wildman–Crippen MR) is 80.3 cm³/mol. The molecule has 6 heteroatoms. The van der Waals surface area contributed by atoms with E-state index in [4.69, 9.17) is 16.1 Å². The summed E-state index contributed by atoms with van der Waals surface area (Å²) >= 11 is 5.96. The van der Waals surface area contributed by atoms with Crippen molar-refractivity contribution < 1.29 is 9.32 Å². The largest absolute Gasteiger partial charge is 0.355 e. The molecule has 0 radical (unpaired) electrons. The van der Waals surface area contributed by atoms with Crippen molar-refractivity contribution in [1.82, 2.24) is 15.4 Å². The van der Waals surface area contributed by atoms with Crippen LogP contribution < -0.4 is 5.32 Å². The summed E-state index contributed by atoms with van der Waals surface area (Å²) in [6.07, 6.45) is 0. The number of nitrogens with one attached hydrogen (secondary N) is 1. The van der Waals surface area contributed by atoms with Gasteiger partial charge in [-0.3, -0.25) is 4.79 Å². The van der Waals surface area contributed by atoms with Crippen LogP contribution in [0, 0.1) is 0 Å². The van der Waals surface area contributed by atoms with Gasteiger partial charge in [-0.05, 0) is 19.1 Å². The van der Waals surface area contributed by atoms with Crippen LogP contribution in [0.25, 0.3) is 11.3 Å². The van der Waals surface area contributed by atoms with Crippen LogP contribution in [0.1, 0.15) is 17.4 Å². The van der Waals surface area contributed by atoms with Crippen LogP contribution in [-0.4, -0.2) is 41.6 Å². The molecule has 1 saturated heterocycles. The fourth-order valence-corrected chi connectivity index (χ4v) is 2.63. The zero-order valence-electron chi connectivity index (χ0n) is 11.7. The second kappa shape index (κ2) is 5.87. The number of halogens is 1. The molecule has 1 aliphatic rings. The predicted octanol–water partition coefficient (Wildman–Crippen LogP) is 2.43. The molecule has 0 saturated carbocycles. The summed E-state index contributed by atoms with van der Waals surface area (Å²) in [6.45, 7) is 4.29. The van der Waals surface area contributed by atoms with Crippen LogP contribution >= 0.6 is 11.6 Å². The lowest BCUT2D eigenvalue weighted by Crippen LogP contribution is -2.52. The molecule has 5 nitrogen and oxygen atoms in total. The van der Waals surface area contributed by atoms with Crippen molar-refractivity contribution >= 4 is 17.5 Å². The number of rotatable bonds is 2. The first kappa shape index (κ1) is 14.1. The summed E-state index contributed by atoms with van der Waals surface area (Å²) in [5.74, 6) is 0.449. The number of hydrogen-bond acceptors (Lipinski definition) is 4. The Morgan fingerprint density at radius 3 is 3.10 bits per heavy atom. The average molecular weight is 306 g/mol. The quantitative estimate of drug-likeness (QED) is 0.926. The third kappa shape index (κ3) is 2.94. The second-order valence-electron chi connectivity index (χ2n) is 5.14. The number of aromatic nitrogens is 1. The van der Waals surface area contributed by atoms with Crippen LogP contribution in [0.5, 0.6) is 0 Å². The van der Waals surface area contributed by atoms with E-state index in [0.29, 0.717) is 23.0 Å². The fraction of sp³-hybridized carbons (Fsp3) is 0.333. The van der Waals surface area contributed by atoms with E-state index in [-0.39, 0.29) is 11.9 Å². The zero-order valence-corrected chi connectivity index (χ0v) is 12.4. The summed E-state index contributed by atoms with van der Waals surface area (Å²) < 4.78 is 5.28. The Morgan fingerprint density at radius 1 is 1.48 bits per heavy atom. The Hall–Kier alpha value is -1.85. The summed E-state index contributed by atoms with van der Waals surface area (Å²) in [6, 6.07) is 9.09. The number of nitrogens with zero attached hydrogens (tertiary/aromatic N) is 2. The highest BCUT2D eigenvalue weighted by molar-refractivity contribution is 6.30. The van der Waals surface area contributed by atoms with E-state index in [1.165, 1.54) is 0 Å². The Balaban J connectivity index is 1.83. The van der Waals surface area contributed by atoms with Crippen molar-refractivity contribution in [2.24, 2.45) is 0 Å². The maximum absolute atomic E-state index is 12.5. The van der Waals surface area contributed by atoms with E-state index in [9.17, 15) is 4.79 Å². The Morgan fingerprint density at radius 2 is 2.33 bits per heavy atom. The summed E-state index contributed by atoms with van der Waals surface area (Å²) in [5.41, 5.74) is 1.14. The third-order valence-electron chi connectivity index (χ3n) is 3.60. The number of hydrogen-bond donors (Lipinski definition) is 1. The first-order valence-electron chi connectivity index (χ1n) is 6.89. The monoisotopic (exact) mass is 305 g/mol. The lowest BCUT2D eigenvalue weighted by atomic mass is 10.1. The van der Waals surface area contributed by atoms with Gasteiger partial charge in [-0.15, -0.1) is 0 Å². The number of amides is 1. The van der Waals surface area contributed by atoms with Crippen molar-refractivity contribution in [2.45, 2.75) is 13.0 Å². The van der Waals surface area contributed by atoms with E-state index < -0.39 is 0 Å². The minimum absolute atomic E-state index is 0.0963. The van der Waals surface area contributed by atoms with Gasteiger partial charge in [0.25, 0.3) is 5.91 Å². The maximum atomic E-state index is 12.5. The van der Waals surface area contributed by atoms with E-state index in [2.05, 4.69) is 10.5 Å². The van der Waals surface area contributed by atoms with Crippen molar-refractivity contribution in [3.05, 3.63) is 41.0 Å². The van der Waals surface area contributed by atoms with Crippen molar-refractivity contribution in [3.63, 3.8) is 0 Å². The molecule has 21 heavy (non-hydrogen) atoms. The molecular weight excluding hydrogens is 290 g/mol. The van der Waals surface area contributed by atoms with Crippen molar-refractivity contribution in [2.75, 3.05) is 19.6 Å². The molecule has 1 unspecified atom stereocenters. The molecule has 1 amide bonds. The van der Waals surface area contributed by atoms with Gasteiger partial charge in [-0.1, -0.05) is 28.9 Å². The van der Waals surface area contributed by atoms with Gasteiger partial charge < -0.3 is 14.7 Å².